The van der Waals surface area contributed by atoms with Gasteiger partial charge in [0.05, 0.1) is 22.7 Å². The van der Waals surface area contributed by atoms with E-state index in [9.17, 15) is 0 Å². The third kappa shape index (κ3) is 8.69. The Kier molecular flexibility index (Phi) is 11.7. The highest BCUT2D eigenvalue weighted by Crippen LogP contribution is 2.59. The summed E-state index contributed by atoms with van der Waals surface area (Å²) in [6.07, 6.45) is 0. The number of nitrogens with zero attached hydrogens (tertiary/aromatic N) is 4. The van der Waals surface area contributed by atoms with Crippen LogP contribution < -0.4 is 19.6 Å². The maximum Gasteiger partial charge on any atom is 0.166 e. The molecule has 0 amide bonds. The predicted octanol–water partition coefficient (Wildman–Crippen LogP) is 21.1. The van der Waals surface area contributed by atoms with Crippen LogP contribution in [0.5, 0.6) is 0 Å². The van der Waals surface area contributed by atoms with Crippen LogP contribution in [-0.2, 0) is 21.7 Å². The molecule has 0 spiro atoms. The Morgan fingerprint density at radius 1 is 0.218 bits per heavy atom. The fourth-order valence-electron chi connectivity index (χ4n) is 11.7. The van der Waals surface area contributed by atoms with Gasteiger partial charge in [-0.25, -0.2) is 0 Å². The standard InChI is InChI=1S/C74H76N4/c1-45-33-65-66(34-46(45)2)76(62-30-22-50-38-58(72(8,9)10)26-18-54(50)42-62)69(75(65)61-29-21-49-37-57(71(5,6)7)25-17-53(49)41-61)70-77(63-31-23-51-39-59(73(11,12)13)27-19-55(51)43-63)67-35-47(3)48(4)36-68(67)78(70)64-32-24-52-40-60(74(14,15)16)28-20-56(52)44-64/h17-44H,1-16H3. The second-order valence-electron chi connectivity index (χ2n) is 26.8. The first-order valence-corrected chi connectivity index (χ1v) is 28.1. The molecule has 10 aromatic rings. The number of hydrogen-bond acceptors (Lipinski definition) is 4. The largest absolute Gasteiger partial charge is 0.291 e. The van der Waals surface area contributed by atoms with Crippen LogP contribution in [0, 0.1) is 27.7 Å². The smallest absolute Gasteiger partial charge is 0.166 e. The van der Waals surface area contributed by atoms with Gasteiger partial charge in [0.25, 0.3) is 0 Å². The first kappa shape index (κ1) is 51.0. The molecule has 0 radical (unpaired) electrons. The lowest BCUT2D eigenvalue weighted by Crippen LogP contribution is -2.33. The topological polar surface area (TPSA) is 13.0 Å². The van der Waals surface area contributed by atoms with Gasteiger partial charge in [0, 0.05) is 22.7 Å². The molecule has 0 saturated carbocycles. The van der Waals surface area contributed by atoms with Crippen molar-refractivity contribution in [3.63, 3.8) is 0 Å². The number of benzene rings is 10. The minimum Gasteiger partial charge on any atom is -0.291 e. The monoisotopic (exact) mass is 1020 g/mol. The van der Waals surface area contributed by atoms with Gasteiger partial charge < -0.3 is 0 Å². The van der Waals surface area contributed by atoms with Crippen LogP contribution in [0.3, 0.4) is 0 Å². The van der Waals surface area contributed by atoms with E-state index in [1.165, 1.54) is 87.6 Å². The number of fused-ring (bicyclic) bond motifs is 6. The highest BCUT2D eigenvalue weighted by Gasteiger charge is 2.45. The van der Waals surface area contributed by atoms with Crippen LogP contribution in [0.2, 0.25) is 0 Å². The van der Waals surface area contributed by atoms with Crippen LogP contribution in [0.15, 0.2) is 182 Å². The fourth-order valence-corrected chi connectivity index (χ4v) is 11.7. The van der Waals surface area contributed by atoms with Gasteiger partial charge >= 0.3 is 0 Å². The van der Waals surface area contributed by atoms with Gasteiger partial charge in [0.15, 0.2) is 11.6 Å². The molecule has 392 valence electrons. The molecule has 10 aromatic carbocycles. The molecule has 2 heterocycles. The van der Waals surface area contributed by atoms with Crippen LogP contribution in [0.25, 0.3) is 43.1 Å². The second-order valence-corrected chi connectivity index (χ2v) is 26.8. The lowest BCUT2D eigenvalue weighted by Gasteiger charge is -2.34. The maximum absolute atomic E-state index is 2.57. The summed E-state index contributed by atoms with van der Waals surface area (Å²) in [5, 5.41) is 9.77. The Morgan fingerprint density at radius 3 is 0.590 bits per heavy atom. The zero-order valence-electron chi connectivity index (χ0n) is 49.0. The van der Waals surface area contributed by atoms with Gasteiger partial charge in [-0.05, 0) is 210 Å². The number of rotatable bonds is 4. The highest BCUT2D eigenvalue weighted by atomic mass is 15.5. The molecule has 0 N–H and O–H groups in total. The number of hydrogen-bond donors (Lipinski definition) is 0. The minimum atomic E-state index is 0.0266. The van der Waals surface area contributed by atoms with Gasteiger partial charge in [-0.2, -0.15) is 0 Å². The minimum absolute atomic E-state index is 0.0266. The third-order valence-electron chi connectivity index (χ3n) is 17.0. The average Bonchev–Trinajstić information content (AvgIpc) is 3.81. The van der Waals surface area contributed by atoms with E-state index in [0.717, 1.165) is 57.1 Å². The zero-order chi connectivity index (χ0) is 55.1. The molecular weight excluding hydrogens is 945 g/mol. The summed E-state index contributed by atoms with van der Waals surface area (Å²) in [6.45, 7) is 36.6. The van der Waals surface area contributed by atoms with Crippen LogP contribution >= 0.6 is 0 Å². The zero-order valence-corrected chi connectivity index (χ0v) is 49.0. The van der Waals surface area contributed by atoms with Crippen molar-refractivity contribution in [2.24, 2.45) is 0 Å². The Labute approximate surface area is 464 Å². The summed E-state index contributed by atoms with van der Waals surface area (Å²) in [5.74, 6) is 2.09. The molecular formula is C74H76N4. The van der Waals surface area contributed by atoms with Gasteiger partial charge in [-0.1, -0.05) is 180 Å². The van der Waals surface area contributed by atoms with Crippen LogP contribution in [-0.4, -0.2) is 0 Å². The Bertz CT molecular complexity index is 3610. The van der Waals surface area contributed by atoms with Crippen molar-refractivity contribution in [1.82, 2.24) is 0 Å². The molecule has 0 aromatic heterocycles. The highest BCUT2D eigenvalue weighted by molar-refractivity contribution is 6.04. The SMILES string of the molecule is Cc1cc2c(cc1C)N(c1ccc3cc(C(C)(C)C)ccc3c1)C(=C1N(c3ccc4cc(C(C)(C)C)ccc4c3)c3cc(C)c(C)cc3N1c1ccc3cc(C(C)(C)C)ccc3c1)N2c1ccc2cc(C(C)(C)C)ccc2c1. The molecule has 4 nitrogen and oxygen atoms in total. The van der Waals surface area contributed by atoms with E-state index in [1.54, 1.807) is 0 Å². The van der Waals surface area contributed by atoms with Gasteiger partial charge in [-0.15, -0.1) is 0 Å². The lowest BCUT2D eigenvalue weighted by molar-refractivity contribution is 0.591. The van der Waals surface area contributed by atoms with E-state index in [2.05, 4.69) is 300 Å². The summed E-state index contributed by atoms with van der Waals surface area (Å²) >= 11 is 0. The lowest BCUT2D eigenvalue weighted by atomic mass is 9.86. The summed E-state index contributed by atoms with van der Waals surface area (Å²) in [4.78, 5) is 10.3. The normalized spacial score (nSPS) is 14.3. The first-order chi connectivity index (χ1) is 36.8. The quantitative estimate of drug-likeness (QED) is 0.174. The van der Waals surface area contributed by atoms with E-state index >= 15 is 0 Å². The van der Waals surface area contributed by atoms with E-state index in [4.69, 9.17) is 0 Å². The van der Waals surface area contributed by atoms with Crippen molar-refractivity contribution in [3.8, 4) is 0 Å². The molecule has 78 heavy (non-hydrogen) atoms. The van der Waals surface area contributed by atoms with Gasteiger partial charge in [0.1, 0.15) is 0 Å². The number of anilines is 8. The van der Waals surface area contributed by atoms with Crippen molar-refractivity contribution in [2.45, 2.75) is 132 Å². The van der Waals surface area contributed by atoms with Crippen molar-refractivity contribution < 1.29 is 0 Å². The summed E-state index contributed by atoms with van der Waals surface area (Å²) in [5.41, 5.74) is 19.4. The summed E-state index contributed by atoms with van der Waals surface area (Å²) < 4.78 is 0. The van der Waals surface area contributed by atoms with Crippen molar-refractivity contribution >= 4 is 88.6 Å². The van der Waals surface area contributed by atoms with E-state index in [-0.39, 0.29) is 21.7 Å². The molecule has 2 aliphatic rings. The molecule has 0 fully saturated rings. The molecule has 2 aliphatic heterocycles. The molecule has 0 bridgehead atoms. The van der Waals surface area contributed by atoms with E-state index in [1.807, 2.05) is 0 Å². The molecule has 0 saturated heterocycles. The molecule has 12 rings (SSSR count). The van der Waals surface area contributed by atoms with Crippen LogP contribution in [0.1, 0.15) is 128 Å². The van der Waals surface area contributed by atoms with E-state index in [0.29, 0.717) is 0 Å². The van der Waals surface area contributed by atoms with Crippen molar-refractivity contribution in [3.05, 3.63) is 226 Å². The Hall–Kier alpha value is -7.82. The summed E-state index contributed by atoms with van der Waals surface area (Å²) in [6, 6.07) is 66.2. The molecule has 0 atom stereocenters. The number of aryl methyl sites for hydroxylation is 4. The Balaban J connectivity index is 1.22. The molecule has 0 aliphatic carbocycles. The third-order valence-corrected chi connectivity index (χ3v) is 17.0. The van der Waals surface area contributed by atoms with E-state index < -0.39 is 0 Å². The fraction of sp³-hybridized carbons (Fsp3) is 0.270. The summed E-state index contributed by atoms with van der Waals surface area (Å²) in [7, 11) is 0. The molecule has 4 heteroatoms. The second kappa shape index (κ2) is 17.9. The van der Waals surface area contributed by atoms with Gasteiger partial charge in [0.2, 0.25) is 0 Å². The van der Waals surface area contributed by atoms with Crippen molar-refractivity contribution in [1.29, 1.82) is 0 Å². The van der Waals surface area contributed by atoms with Gasteiger partial charge in [-0.3, -0.25) is 19.6 Å². The van der Waals surface area contributed by atoms with Crippen molar-refractivity contribution in [2.75, 3.05) is 19.6 Å². The molecule has 0 unspecified atom stereocenters. The predicted molar refractivity (Wildman–Crippen MR) is 338 cm³/mol. The Morgan fingerprint density at radius 2 is 0.397 bits per heavy atom. The maximum atomic E-state index is 2.57. The first-order valence-electron chi connectivity index (χ1n) is 28.1. The average molecular weight is 1020 g/mol. The van der Waals surface area contributed by atoms with Crippen LogP contribution in [0.4, 0.5) is 45.5 Å².